The third-order valence-corrected chi connectivity index (χ3v) is 3.72. The van der Waals surface area contributed by atoms with E-state index >= 15 is 0 Å². The highest BCUT2D eigenvalue weighted by Crippen LogP contribution is 2.46. The van der Waals surface area contributed by atoms with Gasteiger partial charge in [0, 0.05) is 11.5 Å². The van der Waals surface area contributed by atoms with E-state index in [-0.39, 0.29) is 5.56 Å². The molecule has 0 saturated heterocycles. The molecule has 17 heavy (non-hydrogen) atoms. The average molecular weight is 232 g/mol. The molecule has 0 heterocycles. The second-order valence-corrected chi connectivity index (χ2v) is 5.09. The van der Waals surface area contributed by atoms with E-state index in [1.165, 1.54) is 0 Å². The highest BCUT2D eigenvalue weighted by Gasteiger charge is 2.45. The molecule has 0 bridgehead atoms. The summed E-state index contributed by atoms with van der Waals surface area (Å²) in [7, 11) is 0. The standard InChI is InChI=1S/C15H14F2/c1-9-3-4-11-7-13-6-10(2)15(16,17)14(13)8-12(11)5-9/h3-5,7-8,10H,6H2,1-2H3. The van der Waals surface area contributed by atoms with E-state index in [9.17, 15) is 8.78 Å². The Morgan fingerprint density at radius 2 is 1.88 bits per heavy atom. The van der Waals surface area contributed by atoms with Crippen molar-refractivity contribution in [1.82, 2.24) is 0 Å². The van der Waals surface area contributed by atoms with Gasteiger partial charge in [0.15, 0.2) is 0 Å². The zero-order chi connectivity index (χ0) is 12.2. The summed E-state index contributed by atoms with van der Waals surface area (Å²) in [6.07, 6.45) is 0.478. The van der Waals surface area contributed by atoms with Crippen molar-refractivity contribution in [3.8, 4) is 0 Å². The van der Waals surface area contributed by atoms with E-state index < -0.39 is 11.8 Å². The van der Waals surface area contributed by atoms with Gasteiger partial charge in [-0.15, -0.1) is 0 Å². The van der Waals surface area contributed by atoms with E-state index in [4.69, 9.17) is 0 Å². The number of alkyl halides is 2. The molecule has 1 atom stereocenters. The lowest BCUT2D eigenvalue weighted by atomic mass is 10.0. The van der Waals surface area contributed by atoms with Crippen LogP contribution in [-0.2, 0) is 12.3 Å². The zero-order valence-corrected chi connectivity index (χ0v) is 9.93. The van der Waals surface area contributed by atoms with Crippen molar-refractivity contribution in [3.05, 3.63) is 47.0 Å². The summed E-state index contributed by atoms with van der Waals surface area (Å²) < 4.78 is 27.9. The molecule has 1 unspecified atom stereocenters. The van der Waals surface area contributed by atoms with Crippen LogP contribution in [0.4, 0.5) is 8.78 Å². The molecule has 0 aromatic heterocycles. The van der Waals surface area contributed by atoms with E-state index in [1.807, 2.05) is 31.2 Å². The minimum absolute atomic E-state index is 0.225. The quantitative estimate of drug-likeness (QED) is 0.630. The van der Waals surface area contributed by atoms with Crippen LogP contribution >= 0.6 is 0 Å². The first kappa shape index (κ1) is 10.7. The lowest BCUT2D eigenvalue weighted by Crippen LogP contribution is -2.17. The molecule has 0 spiro atoms. The molecule has 0 N–H and O–H groups in total. The maximum absolute atomic E-state index is 14.0. The van der Waals surface area contributed by atoms with Gasteiger partial charge >= 0.3 is 0 Å². The monoisotopic (exact) mass is 232 g/mol. The number of benzene rings is 2. The summed E-state index contributed by atoms with van der Waals surface area (Å²) in [5.41, 5.74) is 2.13. The number of rotatable bonds is 0. The highest BCUT2D eigenvalue weighted by molar-refractivity contribution is 5.85. The van der Waals surface area contributed by atoms with Gasteiger partial charge < -0.3 is 0 Å². The Balaban J connectivity index is 2.30. The topological polar surface area (TPSA) is 0 Å². The number of hydrogen-bond acceptors (Lipinski definition) is 0. The van der Waals surface area contributed by atoms with Crippen LogP contribution in [0.3, 0.4) is 0 Å². The van der Waals surface area contributed by atoms with Gasteiger partial charge in [-0.05, 0) is 35.7 Å². The van der Waals surface area contributed by atoms with Gasteiger partial charge in [-0.25, -0.2) is 8.78 Å². The first-order chi connectivity index (χ1) is 7.98. The molecule has 1 aliphatic rings. The van der Waals surface area contributed by atoms with Gasteiger partial charge in [0.25, 0.3) is 5.92 Å². The van der Waals surface area contributed by atoms with Crippen LogP contribution < -0.4 is 0 Å². The lowest BCUT2D eigenvalue weighted by Gasteiger charge is -2.15. The summed E-state index contributed by atoms with van der Waals surface area (Å²) in [5, 5.41) is 1.97. The van der Waals surface area contributed by atoms with Crippen LogP contribution in [0.25, 0.3) is 10.8 Å². The molecular weight excluding hydrogens is 218 g/mol. The lowest BCUT2D eigenvalue weighted by molar-refractivity contribution is -0.0450. The Morgan fingerprint density at radius 1 is 1.12 bits per heavy atom. The van der Waals surface area contributed by atoms with Crippen molar-refractivity contribution >= 4 is 10.8 Å². The summed E-state index contributed by atoms with van der Waals surface area (Å²) in [5.74, 6) is -3.26. The normalized spacial score (nSPS) is 21.8. The molecule has 3 rings (SSSR count). The van der Waals surface area contributed by atoms with Crippen LogP contribution in [0.5, 0.6) is 0 Å². The number of halogens is 2. The largest absolute Gasteiger partial charge is 0.276 e. The predicted octanol–water partition coefficient (Wildman–Crippen LogP) is 4.43. The van der Waals surface area contributed by atoms with E-state index in [0.717, 1.165) is 21.9 Å². The van der Waals surface area contributed by atoms with Gasteiger partial charge in [0.1, 0.15) is 0 Å². The first-order valence-corrected chi connectivity index (χ1v) is 5.90. The fourth-order valence-corrected chi connectivity index (χ4v) is 2.67. The van der Waals surface area contributed by atoms with Crippen LogP contribution in [0, 0.1) is 12.8 Å². The molecule has 0 aliphatic heterocycles. The van der Waals surface area contributed by atoms with E-state index in [0.29, 0.717) is 6.42 Å². The van der Waals surface area contributed by atoms with Crippen molar-refractivity contribution < 1.29 is 8.78 Å². The van der Waals surface area contributed by atoms with E-state index in [2.05, 4.69) is 0 Å². The van der Waals surface area contributed by atoms with E-state index in [1.54, 1.807) is 13.0 Å². The molecular formula is C15H14F2. The molecule has 88 valence electrons. The zero-order valence-electron chi connectivity index (χ0n) is 9.93. The molecule has 0 amide bonds. The highest BCUT2D eigenvalue weighted by atomic mass is 19.3. The van der Waals surface area contributed by atoms with Gasteiger partial charge in [-0.3, -0.25) is 0 Å². The summed E-state index contributed by atoms with van der Waals surface area (Å²) in [6, 6.07) is 9.58. The molecule has 0 radical (unpaired) electrons. The molecule has 0 fully saturated rings. The maximum atomic E-state index is 14.0. The molecule has 0 saturated carbocycles. The van der Waals surface area contributed by atoms with Crippen molar-refractivity contribution in [2.24, 2.45) is 5.92 Å². The van der Waals surface area contributed by atoms with Crippen molar-refractivity contribution in [1.29, 1.82) is 0 Å². The fraction of sp³-hybridized carbons (Fsp3) is 0.333. The molecule has 1 aliphatic carbocycles. The minimum Gasteiger partial charge on any atom is -0.201 e. The van der Waals surface area contributed by atoms with Gasteiger partial charge in [0.2, 0.25) is 0 Å². The number of aryl methyl sites for hydroxylation is 1. The van der Waals surface area contributed by atoms with Gasteiger partial charge in [-0.1, -0.05) is 36.8 Å². The maximum Gasteiger partial charge on any atom is 0.276 e. The summed E-state index contributed by atoms with van der Waals surface area (Å²) in [4.78, 5) is 0. The van der Waals surface area contributed by atoms with Crippen LogP contribution in [-0.4, -0.2) is 0 Å². The second kappa shape index (κ2) is 3.28. The molecule has 2 heteroatoms. The number of fused-ring (bicyclic) bond motifs is 2. The Morgan fingerprint density at radius 3 is 2.65 bits per heavy atom. The molecule has 2 aromatic carbocycles. The minimum atomic E-state index is -2.67. The Bertz CT molecular complexity index is 599. The average Bonchev–Trinajstić information content (AvgIpc) is 2.48. The van der Waals surface area contributed by atoms with Crippen LogP contribution in [0.2, 0.25) is 0 Å². The number of hydrogen-bond donors (Lipinski definition) is 0. The Kier molecular flexibility index (Phi) is 2.07. The third kappa shape index (κ3) is 1.47. The SMILES string of the molecule is Cc1ccc2cc3c(cc2c1)C(F)(F)C(C)C3. The fourth-order valence-electron chi connectivity index (χ4n) is 2.67. The first-order valence-electron chi connectivity index (χ1n) is 5.90. The summed E-state index contributed by atoms with van der Waals surface area (Å²) >= 11 is 0. The van der Waals surface area contributed by atoms with Crippen molar-refractivity contribution in [3.63, 3.8) is 0 Å². The molecule has 0 nitrogen and oxygen atoms in total. The van der Waals surface area contributed by atoms with Crippen molar-refractivity contribution in [2.45, 2.75) is 26.2 Å². The smallest absolute Gasteiger partial charge is 0.201 e. The predicted molar refractivity (Wildman–Crippen MR) is 65.4 cm³/mol. The van der Waals surface area contributed by atoms with Crippen molar-refractivity contribution in [2.75, 3.05) is 0 Å². The third-order valence-electron chi connectivity index (χ3n) is 3.72. The van der Waals surface area contributed by atoms with Gasteiger partial charge in [0.05, 0.1) is 0 Å². The molecule has 2 aromatic rings. The van der Waals surface area contributed by atoms with Crippen LogP contribution in [0.15, 0.2) is 30.3 Å². The Hall–Kier alpha value is -1.44. The van der Waals surface area contributed by atoms with Crippen LogP contribution in [0.1, 0.15) is 23.6 Å². The summed E-state index contributed by atoms with van der Waals surface area (Å²) in [6.45, 7) is 3.60. The van der Waals surface area contributed by atoms with Gasteiger partial charge in [-0.2, -0.15) is 0 Å². The Labute approximate surface area is 99.3 Å². The second-order valence-electron chi connectivity index (χ2n) is 5.09.